The molecule has 0 aliphatic heterocycles. The van der Waals surface area contributed by atoms with Crippen LogP contribution in [0.5, 0.6) is 0 Å². The second-order valence-corrected chi connectivity index (χ2v) is 3.20. The van der Waals surface area contributed by atoms with Crippen molar-refractivity contribution in [2.75, 3.05) is 0 Å². The Balaban J connectivity index is 3.98. The van der Waals surface area contributed by atoms with E-state index in [0.717, 1.165) is 9.29 Å². The molecule has 0 aliphatic rings. The summed E-state index contributed by atoms with van der Waals surface area (Å²) in [5.74, 6) is 0. The van der Waals surface area contributed by atoms with Gasteiger partial charge in [-0.2, -0.15) is 0 Å². The third-order valence-corrected chi connectivity index (χ3v) is 0.952. The Kier molecular flexibility index (Phi) is 4.57. The molecule has 0 aromatic rings. The summed E-state index contributed by atoms with van der Waals surface area (Å²) in [4.78, 5) is 3.99. The molecular formula is C6H9IN2. The van der Waals surface area contributed by atoms with Crippen LogP contribution in [0.2, 0.25) is 0 Å². The van der Waals surface area contributed by atoms with E-state index in [1.54, 1.807) is 6.20 Å². The summed E-state index contributed by atoms with van der Waals surface area (Å²) in [6.45, 7) is 3.75. The number of nitrogens with zero attached hydrogens (tertiary/aromatic N) is 1. The van der Waals surface area contributed by atoms with Crippen molar-refractivity contribution in [3.8, 4) is 0 Å². The summed E-state index contributed by atoms with van der Waals surface area (Å²) >= 11 is 2.12. The van der Waals surface area contributed by atoms with Crippen molar-refractivity contribution >= 4 is 32.5 Å². The van der Waals surface area contributed by atoms with Gasteiger partial charge in [0.1, 0.15) is 0 Å². The summed E-state index contributed by atoms with van der Waals surface area (Å²) < 4.78 is 0.980. The monoisotopic (exact) mass is 236 g/mol. The maximum atomic E-state index is 6.79. The van der Waals surface area contributed by atoms with Crippen molar-refractivity contribution in [3.05, 3.63) is 11.8 Å². The lowest BCUT2D eigenvalue weighted by molar-refractivity contribution is 1.44. The van der Waals surface area contributed by atoms with E-state index in [9.17, 15) is 0 Å². The van der Waals surface area contributed by atoms with E-state index < -0.39 is 0 Å². The van der Waals surface area contributed by atoms with Crippen LogP contribution in [-0.2, 0) is 0 Å². The Bertz CT molecular complexity index is 154. The molecule has 0 fully saturated rings. The summed E-state index contributed by atoms with van der Waals surface area (Å²) in [5.41, 5.74) is 0.867. The second-order valence-electron chi connectivity index (χ2n) is 1.64. The zero-order valence-corrected chi connectivity index (χ0v) is 7.64. The first-order chi connectivity index (χ1) is 4.16. The highest BCUT2D eigenvalue weighted by Crippen LogP contribution is 1.92. The van der Waals surface area contributed by atoms with Crippen molar-refractivity contribution < 1.29 is 0 Å². The summed E-state index contributed by atoms with van der Waals surface area (Å²) in [6.07, 6.45) is 2.96. The van der Waals surface area contributed by atoms with Gasteiger partial charge < -0.3 is 5.41 Å². The van der Waals surface area contributed by atoms with Crippen LogP contribution < -0.4 is 0 Å². The zero-order chi connectivity index (χ0) is 7.28. The van der Waals surface area contributed by atoms with Gasteiger partial charge in [-0.15, -0.1) is 0 Å². The summed E-state index contributed by atoms with van der Waals surface area (Å²) in [7, 11) is 0. The molecule has 0 rings (SSSR count). The number of hydrogen-bond acceptors (Lipinski definition) is 2. The van der Waals surface area contributed by atoms with Crippen molar-refractivity contribution in [1.82, 2.24) is 0 Å². The first-order valence-corrected chi connectivity index (χ1v) is 3.62. The van der Waals surface area contributed by atoms with E-state index in [1.807, 2.05) is 13.8 Å². The Morgan fingerprint density at radius 2 is 2.11 bits per heavy atom. The predicted octanol–water partition coefficient (Wildman–Crippen LogP) is 2.39. The van der Waals surface area contributed by atoms with Crippen molar-refractivity contribution in [2.45, 2.75) is 13.8 Å². The van der Waals surface area contributed by atoms with E-state index in [2.05, 4.69) is 27.6 Å². The van der Waals surface area contributed by atoms with Gasteiger partial charge >= 0.3 is 0 Å². The quantitative estimate of drug-likeness (QED) is 0.564. The summed E-state index contributed by atoms with van der Waals surface area (Å²) in [5, 5.41) is 6.79. The molecule has 1 N–H and O–H groups in total. The SMILES string of the molecule is C/C(C=N)=C/N=C(/C)I. The van der Waals surface area contributed by atoms with E-state index in [4.69, 9.17) is 5.41 Å². The Morgan fingerprint density at radius 1 is 1.56 bits per heavy atom. The van der Waals surface area contributed by atoms with Gasteiger partial charge in [0, 0.05) is 12.4 Å². The van der Waals surface area contributed by atoms with Crippen LogP contribution in [0.1, 0.15) is 13.8 Å². The van der Waals surface area contributed by atoms with Gasteiger partial charge in [-0.25, -0.2) is 0 Å². The van der Waals surface area contributed by atoms with Crippen molar-refractivity contribution in [3.63, 3.8) is 0 Å². The van der Waals surface area contributed by atoms with Gasteiger partial charge in [-0.05, 0) is 42.0 Å². The lowest BCUT2D eigenvalue weighted by atomic mass is 10.4. The van der Waals surface area contributed by atoms with Crippen molar-refractivity contribution in [1.29, 1.82) is 5.41 Å². The molecule has 0 aliphatic carbocycles. The average Bonchev–Trinajstić information content (AvgIpc) is 1.83. The number of rotatable bonds is 2. The Labute approximate surface area is 68.7 Å². The van der Waals surface area contributed by atoms with E-state index in [0.29, 0.717) is 0 Å². The van der Waals surface area contributed by atoms with Gasteiger partial charge in [-0.3, -0.25) is 4.99 Å². The fraction of sp³-hybridized carbons (Fsp3) is 0.333. The van der Waals surface area contributed by atoms with Gasteiger partial charge in [0.05, 0.1) is 3.72 Å². The van der Waals surface area contributed by atoms with Gasteiger partial charge in [0.15, 0.2) is 0 Å². The van der Waals surface area contributed by atoms with E-state index >= 15 is 0 Å². The smallest absolute Gasteiger partial charge is 0.0752 e. The molecule has 0 radical (unpaired) electrons. The van der Waals surface area contributed by atoms with Crippen LogP contribution >= 0.6 is 22.6 Å². The normalized spacial score (nSPS) is 13.7. The fourth-order valence-corrected chi connectivity index (χ4v) is 0.367. The lowest BCUT2D eigenvalue weighted by Gasteiger charge is -1.83. The average molecular weight is 236 g/mol. The molecule has 9 heavy (non-hydrogen) atoms. The molecule has 0 atom stereocenters. The molecular weight excluding hydrogens is 227 g/mol. The van der Waals surface area contributed by atoms with Crippen LogP contribution in [-0.4, -0.2) is 9.93 Å². The largest absolute Gasteiger partial charge is 0.308 e. The molecule has 0 aromatic carbocycles. The molecule has 0 heterocycles. The molecule has 0 aromatic heterocycles. The van der Waals surface area contributed by atoms with Crippen molar-refractivity contribution in [2.24, 2.45) is 4.99 Å². The zero-order valence-electron chi connectivity index (χ0n) is 5.48. The molecule has 0 spiro atoms. The lowest BCUT2D eigenvalue weighted by Crippen LogP contribution is -1.75. The number of nitrogens with one attached hydrogen (secondary N) is 1. The third kappa shape index (κ3) is 5.68. The Hall–Kier alpha value is -0.190. The first-order valence-electron chi connectivity index (χ1n) is 2.54. The predicted molar refractivity (Wildman–Crippen MR) is 49.7 cm³/mol. The third-order valence-electron chi connectivity index (χ3n) is 0.674. The number of halogens is 1. The van der Waals surface area contributed by atoms with Crippen LogP contribution in [0.3, 0.4) is 0 Å². The van der Waals surface area contributed by atoms with Gasteiger partial charge in [0.2, 0.25) is 0 Å². The minimum atomic E-state index is 0.867. The Morgan fingerprint density at radius 3 is 2.44 bits per heavy atom. The maximum Gasteiger partial charge on any atom is 0.0752 e. The van der Waals surface area contributed by atoms with Gasteiger partial charge in [0.25, 0.3) is 0 Å². The fourth-order valence-electron chi connectivity index (χ4n) is 0.228. The highest BCUT2D eigenvalue weighted by molar-refractivity contribution is 14.1. The van der Waals surface area contributed by atoms with Crippen LogP contribution in [0.25, 0.3) is 0 Å². The van der Waals surface area contributed by atoms with Crippen LogP contribution in [0.15, 0.2) is 16.8 Å². The molecule has 50 valence electrons. The van der Waals surface area contributed by atoms with E-state index in [1.165, 1.54) is 6.21 Å². The highest BCUT2D eigenvalue weighted by atomic mass is 127. The molecule has 0 saturated heterocycles. The molecule has 0 unspecified atom stereocenters. The molecule has 2 nitrogen and oxygen atoms in total. The molecule has 0 bridgehead atoms. The topological polar surface area (TPSA) is 36.2 Å². The van der Waals surface area contributed by atoms with Gasteiger partial charge in [-0.1, -0.05) is 0 Å². The molecule has 3 heteroatoms. The number of allylic oxidation sites excluding steroid dienone is 1. The van der Waals surface area contributed by atoms with Crippen LogP contribution in [0, 0.1) is 5.41 Å². The molecule has 0 amide bonds. The summed E-state index contributed by atoms with van der Waals surface area (Å²) in [6, 6.07) is 0. The highest BCUT2D eigenvalue weighted by Gasteiger charge is 1.78. The minimum absolute atomic E-state index is 0.867. The number of aliphatic imine (C=N–C) groups is 1. The number of hydrogen-bond donors (Lipinski definition) is 1. The minimum Gasteiger partial charge on any atom is -0.308 e. The maximum absolute atomic E-state index is 6.79. The first kappa shape index (κ1) is 8.81. The second kappa shape index (κ2) is 4.67. The van der Waals surface area contributed by atoms with Crippen LogP contribution in [0.4, 0.5) is 0 Å². The molecule has 0 saturated carbocycles. The van der Waals surface area contributed by atoms with E-state index in [-0.39, 0.29) is 0 Å². The standard InChI is InChI=1S/C6H9IN2/c1-5(3-8)4-9-6(2)7/h3-4,8H,1-2H3/b5-4-,8-3?,9-6-.